The molecule has 1 heterocycles. The molecule has 0 saturated carbocycles. The van der Waals surface area contributed by atoms with Crippen molar-refractivity contribution in [2.45, 2.75) is 24.0 Å². The molecule has 0 aliphatic heterocycles. The fraction of sp³-hybridized carbons (Fsp3) is 0.158. The highest BCUT2D eigenvalue weighted by atomic mass is 32.2. The Morgan fingerprint density at radius 2 is 1.74 bits per heavy atom. The van der Waals surface area contributed by atoms with Gasteiger partial charge in [0.2, 0.25) is 5.88 Å². The zero-order chi connectivity index (χ0) is 19.4. The number of rotatable bonds is 5. The number of benzene rings is 2. The quantitative estimate of drug-likeness (QED) is 0.301. The Hall–Kier alpha value is -2.61. The van der Waals surface area contributed by atoms with E-state index in [-0.39, 0.29) is 16.8 Å². The predicted molar refractivity (Wildman–Crippen MR) is 94.2 cm³/mol. The molecule has 0 unspecified atom stereocenters. The Balaban J connectivity index is 1.85. The monoisotopic (exact) mass is 394 g/mol. The fourth-order valence-electron chi connectivity index (χ4n) is 2.17. The minimum Gasteiger partial charge on any atom is -0.439 e. The van der Waals surface area contributed by atoms with E-state index in [0.717, 1.165) is 23.4 Å². The number of aryl methyl sites for hydroxylation is 1. The van der Waals surface area contributed by atoms with Crippen LogP contribution in [0.4, 0.5) is 17.6 Å². The van der Waals surface area contributed by atoms with Crippen molar-refractivity contribution in [3.63, 3.8) is 0 Å². The van der Waals surface area contributed by atoms with Gasteiger partial charge in [-0.1, -0.05) is 41.6 Å². The molecule has 3 rings (SSSR count). The second-order valence-corrected chi connectivity index (χ2v) is 6.65. The van der Waals surface area contributed by atoms with Gasteiger partial charge in [0.05, 0.1) is 0 Å². The minimum absolute atomic E-state index is 0.101. The molecule has 0 bridgehead atoms. The maximum atomic E-state index is 13.2. The molecular formula is C19H14F4N2OS. The van der Waals surface area contributed by atoms with Crippen molar-refractivity contribution >= 4 is 11.8 Å². The van der Waals surface area contributed by atoms with Crippen LogP contribution in [-0.4, -0.2) is 9.97 Å². The van der Waals surface area contributed by atoms with Crippen LogP contribution in [0.5, 0.6) is 11.6 Å². The SMILES string of the molecule is Cc1ccc(Oc2cc(C(F)(F)F)nc(SCc3cccc(F)c3)n2)cc1. The van der Waals surface area contributed by atoms with Gasteiger partial charge in [-0.15, -0.1) is 0 Å². The molecule has 0 atom stereocenters. The highest BCUT2D eigenvalue weighted by Crippen LogP contribution is 2.33. The summed E-state index contributed by atoms with van der Waals surface area (Å²) in [7, 11) is 0. The standard InChI is InChI=1S/C19H14F4N2OS/c1-12-5-7-15(8-6-12)26-17-10-16(19(21,22)23)24-18(25-17)27-11-13-3-2-4-14(20)9-13/h2-10H,11H2,1H3. The number of hydrogen-bond acceptors (Lipinski definition) is 4. The maximum absolute atomic E-state index is 13.2. The molecule has 0 spiro atoms. The lowest BCUT2D eigenvalue weighted by atomic mass is 10.2. The number of ether oxygens (including phenoxy) is 1. The van der Waals surface area contributed by atoms with Crippen molar-refractivity contribution in [3.05, 3.63) is 77.2 Å². The third-order valence-electron chi connectivity index (χ3n) is 3.47. The van der Waals surface area contributed by atoms with Crippen LogP contribution in [0.2, 0.25) is 0 Å². The number of hydrogen-bond donors (Lipinski definition) is 0. The minimum atomic E-state index is -4.64. The smallest absolute Gasteiger partial charge is 0.433 e. The van der Waals surface area contributed by atoms with E-state index < -0.39 is 17.7 Å². The van der Waals surface area contributed by atoms with E-state index >= 15 is 0 Å². The van der Waals surface area contributed by atoms with Crippen LogP contribution in [0.15, 0.2) is 59.8 Å². The molecule has 3 nitrogen and oxygen atoms in total. The van der Waals surface area contributed by atoms with E-state index in [1.165, 1.54) is 18.2 Å². The van der Waals surface area contributed by atoms with Crippen LogP contribution in [0.3, 0.4) is 0 Å². The van der Waals surface area contributed by atoms with Crippen molar-refractivity contribution in [1.29, 1.82) is 0 Å². The first-order valence-corrected chi connectivity index (χ1v) is 8.86. The van der Waals surface area contributed by atoms with Crippen molar-refractivity contribution in [2.75, 3.05) is 0 Å². The van der Waals surface area contributed by atoms with E-state index in [4.69, 9.17) is 4.74 Å². The normalized spacial score (nSPS) is 11.4. The summed E-state index contributed by atoms with van der Waals surface area (Å²) in [5, 5.41) is -0.101. The van der Waals surface area contributed by atoms with Gasteiger partial charge in [0, 0.05) is 11.8 Å². The summed E-state index contributed by atoms with van der Waals surface area (Å²) in [6.45, 7) is 1.89. The lowest BCUT2D eigenvalue weighted by Crippen LogP contribution is -2.10. The Labute approximate surface area is 157 Å². The van der Waals surface area contributed by atoms with Crippen LogP contribution in [0, 0.1) is 12.7 Å². The van der Waals surface area contributed by atoms with Crippen LogP contribution >= 0.6 is 11.8 Å². The summed E-state index contributed by atoms with van der Waals surface area (Å²) in [4.78, 5) is 7.59. The summed E-state index contributed by atoms with van der Waals surface area (Å²) in [5.41, 5.74) is 0.510. The van der Waals surface area contributed by atoms with Gasteiger partial charge >= 0.3 is 6.18 Å². The van der Waals surface area contributed by atoms with E-state index in [1.54, 1.807) is 30.3 Å². The summed E-state index contributed by atoms with van der Waals surface area (Å²) in [6, 6.07) is 13.4. The maximum Gasteiger partial charge on any atom is 0.433 e. The fourth-order valence-corrected chi connectivity index (χ4v) is 2.96. The van der Waals surface area contributed by atoms with E-state index in [1.807, 2.05) is 6.92 Å². The van der Waals surface area contributed by atoms with Gasteiger partial charge in [0.1, 0.15) is 11.6 Å². The number of nitrogens with zero attached hydrogens (tertiary/aromatic N) is 2. The Kier molecular flexibility index (Phi) is 5.65. The van der Waals surface area contributed by atoms with Gasteiger partial charge in [-0.3, -0.25) is 0 Å². The van der Waals surface area contributed by atoms with Crippen LogP contribution in [0.25, 0.3) is 0 Å². The molecule has 0 radical (unpaired) electrons. The number of thioether (sulfide) groups is 1. The van der Waals surface area contributed by atoms with Crippen molar-refractivity contribution < 1.29 is 22.3 Å². The second kappa shape index (κ2) is 7.96. The molecule has 2 aromatic carbocycles. The Morgan fingerprint density at radius 1 is 1.00 bits per heavy atom. The molecule has 1 aromatic heterocycles. The molecule has 0 aliphatic carbocycles. The molecule has 8 heteroatoms. The number of aromatic nitrogens is 2. The zero-order valence-electron chi connectivity index (χ0n) is 14.1. The second-order valence-electron chi connectivity index (χ2n) is 5.71. The molecule has 27 heavy (non-hydrogen) atoms. The van der Waals surface area contributed by atoms with E-state index in [9.17, 15) is 17.6 Å². The van der Waals surface area contributed by atoms with Gasteiger partial charge in [0.15, 0.2) is 10.9 Å². The predicted octanol–water partition coefficient (Wildman–Crippen LogP) is 6.03. The molecule has 0 saturated heterocycles. The number of halogens is 4. The molecule has 3 aromatic rings. The molecule has 140 valence electrons. The van der Waals surface area contributed by atoms with Crippen LogP contribution in [-0.2, 0) is 11.9 Å². The summed E-state index contributed by atoms with van der Waals surface area (Å²) >= 11 is 0.971. The van der Waals surface area contributed by atoms with Gasteiger partial charge in [-0.05, 0) is 36.8 Å². The average molecular weight is 394 g/mol. The first-order valence-electron chi connectivity index (χ1n) is 7.88. The number of alkyl halides is 3. The summed E-state index contributed by atoms with van der Waals surface area (Å²) in [6.07, 6.45) is -4.64. The summed E-state index contributed by atoms with van der Waals surface area (Å²) in [5.74, 6) is -0.0267. The lowest BCUT2D eigenvalue weighted by molar-refractivity contribution is -0.141. The van der Waals surface area contributed by atoms with Gasteiger partial charge in [0.25, 0.3) is 0 Å². The lowest BCUT2D eigenvalue weighted by Gasteiger charge is -2.11. The van der Waals surface area contributed by atoms with Crippen molar-refractivity contribution in [2.24, 2.45) is 0 Å². The van der Waals surface area contributed by atoms with E-state index in [0.29, 0.717) is 11.3 Å². The highest BCUT2D eigenvalue weighted by Gasteiger charge is 2.34. The first-order chi connectivity index (χ1) is 12.8. The molecule has 0 fully saturated rings. The topological polar surface area (TPSA) is 35.0 Å². The summed E-state index contributed by atoms with van der Waals surface area (Å²) < 4.78 is 58.1. The third-order valence-corrected chi connectivity index (χ3v) is 4.39. The van der Waals surface area contributed by atoms with Gasteiger partial charge in [-0.25, -0.2) is 9.37 Å². The molecular weight excluding hydrogens is 380 g/mol. The molecule has 0 aliphatic rings. The Morgan fingerprint density at radius 3 is 2.41 bits per heavy atom. The zero-order valence-corrected chi connectivity index (χ0v) is 14.9. The van der Waals surface area contributed by atoms with E-state index in [2.05, 4.69) is 9.97 Å². The first kappa shape index (κ1) is 19.2. The average Bonchev–Trinajstić information content (AvgIpc) is 2.61. The largest absolute Gasteiger partial charge is 0.439 e. The van der Waals surface area contributed by atoms with Gasteiger partial charge < -0.3 is 4.74 Å². The molecule has 0 amide bonds. The van der Waals surface area contributed by atoms with Crippen molar-refractivity contribution in [3.8, 4) is 11.6 Å². The van der Waals surface area contributed by atoms with Crippen molar-refractivity contribution in [1.82, 2.24) is 9.97 Å². The Bertz CT molecular complexity index is 930. The third kappa shape index (κ3) is 5.43. The highest BCUT2D eigenvalue weighted by molar-refractivity contribution is 7.98. The van der Waals surface area contributed by atoms with Crippen LogP contribution < -0.4 is 4.74 Å². The molecule has 0 N–H and O–H groups in total. The van der Waals surface area contributed by atoms with Gasteiger partial charge in [-0.2, -0.15) is 18.2 Å². The van der Waals surface area contributed by atoms with Crippen LogP contribution in [0.1, 0.15) is 16.8 Å².